The fourth-order valence-corrected chi connectivity index (χ4v) is 2.54. The van der Waals surface area contributed by atoms with Crippen molar-refractivity contribution in [3.63, 3.8) is 0 Å². The smallest absolute Gasteiger partial charge is 0.305 e. The highest BCUT2D eigenvalue weighted by Crippen LogP contribution is 2.38. The lowest BCUT2D eigenvalue weighted by molar-refractivity contribution is -0.385. The lowest BCUT2D eigenvalue weighted by Gasteiger charge is -2.31. The first-order chi connectivity index (χ1) is 13.0. The maximum Gasteiger partial charge on any atom is 0.305 e. The maximum atomic E-state index is 13.9. The zero-order chi connectivity index (χ0) is 19.8. The second kappa shape index (κ2) is 9.51. The quantitative estimate of drug-likeness (QED) is 0.460. The number of ether oxygens (including phenoxy) is 2. The highest BCUT2D eigenvalue weighted by atomic mass is 19.1. The molecule has 27 heavy (non-hydrogen) atoms. The first-order valence-electron chi connectivity index (χ1n) is 8.42. The zero-order valence-corrected chi connectivity index (χ0v) is 15.2. The van der Waals surface area contributed by atoms with Gasteiger partial charge in [-0.1, -0.05) is 37.3 Å². The summed E-state index contributed by atoms with van der Waals surface area (Å²) in [6.45, 7) is 3.22. The summed E-state index contributed by atoms with van der Waals surface area (Å²) in [6, 6.07) is 11.9. The van der Waals surface area contributed by atoms with Crippen LogP contribution in [-0.2, 0) is 16.1 Å². The Kier molecular flexibility index (Phi) is 7.10. The van der Waals surface area contributed by atoms with Crippen LogP contribution in [0.25, 0.3) is 0 Å². The van der Waals surface area contributed by atoms with Crippen molar-refractivity contribution in [1.82, 2.24) is 0 Å². The van der Waals surface area contributed by atoms with E-state index >= 15 is 0 Å². The predicted molar refractivity (Wildman–Crippen MR) is 98.3 cm³/mol. The molecule has 0 saturated heterocycles. The van der Waals surface area contributed by atoms with Gasteiger partial charge in [0, 0.05) is 19.0 Å². The number of esters is 1. The molecule has 0 saturated carbocycles. The number of nitro groups is 1. The molecule has 0 aliphatic carbocycles. The number of carbonyl (C=O) groups is 1. The van der Waals surface area contributed by atoms with Gasteiger partial charge in [-0.25, -0.2) is 4.39 Å². The normalized spacial score (nSPS) is 12.2. The predicted octanol–water partition coefficient (Wildman–Crippen LogP) is 3.70. The van der Waals surface area contributed by atoms with E-state index in [1.54, 1.807) is 6.92 Å². The summed E-state index contributed by atoms with van der Waals surface area (Å²) in [5.74, 6) is -0.769. The van der Waals surface area contributed by atoms with Gasteiger partial charge in [0.15, 0.2) is 11.6 Å². The van der Waals surface area contributed by atoms with Crippen LogP contribution in [0.1, 0.15) is 18.9 Å². The van der Waals surface area contributed by atoms with Crippen LogP contribution in [0.15, 0.2) is 42.5 Å². The first kappa shape index (κ1) is 20.2. The van der Waals surface area contributed by atoms with Crippen LogP contribution in [0.4, 0.5) is 15.8 Å². The van der Waals surface area contributed by atoms with Crippen LogP contribution in [0.2, 0.25) is 0 Å². The molecule has 1 aliphatic rings. The first-order valence-corrected chi connectivity index (χ1v) is 8.42. The molecule has 144 valence electrons. The van der Waals surface area contributed by atoms with Gasteiger partial charge in [0.05, 0.1) is 30.3 Å². The number of methoxy groups -OCH3 is 1. The van der Waals surface area contributed by atoms with Crippen molar-refractivity contribution in [2.75, 3.05) is 25.2 Å². The minimum atomic E-state index is -0.697. The SMILES string of the molecule is CCC(=O)OC.O=[N+]([O-])c1cc(F)c2c(c1)N(Cc1ccccc1)CCO2. The standard InChI is InChI=1S/C15H13FN2O3.C4H8O2/c16-13-8-12(18(19)20)9-14-15(13)21-7-6-17(14)10-11-4-2-1-3-5-11;1-3-4(5)6-2/h1-5,8-9H,6-7,10H2;3H2,1-2H3. The van der Waals surface area contributed by atoms with Crippen molar-refractivity contribution < 1.29 is 23.6 Å². The molecule has 0 aromatic heterocycles. The van der Waals surface area contributed by atoms with E-state index in [1.165, 1.54) is 13.2 Å². The molecule has 0 fully saturated rings. The largest absolute Gasteiger partial charge is 0.486 e. The molecule has 0 unspecified atom stereocenters. The van der Waals surface area contributed by atoms with Crippen molar-refractivity contribution in [1.29, 1.82) is 0 Å². The second-order valence-corrected chi connectivity index (χ2v) is 5.72. The number of nitrogens with zero attached hydrogens (tertiary/aromatic N) is 2. The van der Waals surface area contributed by atoms with Gasteiger partial charge >= 0.3 is 5.97 Å². The summed E-state index contributed by atoms with van der Waals surface area (Å²) < 4.78 is 23.5. The number of nitro benzene ring substituents is 1. The van der Waals surface area contributed by atoms with Crippen LogP contribution in [-0.4, -0.2) is 31.2 Å². The number of hydrogen-bond acceptors (Lipinski definition) is 6. The van der Waals surface area contributed by atoms with E-state index in [1.807, 2.05) is 35.2 Å². The lowest BCUT2D eigenvalue weighted by Crippen LogP contribution is -2.32. The number of carbonyl (C=O) groups excluding carboxylic acids is 1. The highest BCUT2D eigenvalue weighted by Gasteiger charge is 2.25. The summed E-state index contributed by atoms with van der Waals surface area (Å²) in [7, 11) is 1.38. The summed E-state index contributed by atoms with van der Waals surface area (Å²) in [5, 5.41) is 10.9. The Labute approximate surface area is 156 Å². The third-order valence-electron chi connectivity index (χ3n) is 3.90. The minimum Gasteiger partial charge on any atom is -0.486 e. The molecule has 0 atom stereocenters. The molecule has 8 heteroatoms. The molecule has 2 aromatic rings. The molecule has 7 nitrogen and oxygen atoms in total. The average Bonchev–Trinajstić information content (AvgIpc) is 2.69. The Hall–Kier alpha value is -3.16. The van der Waals surface area contributed by atoms with E-state index < -0.39 is 10.7 Å². The van der Waals surface area contributed by atoms with Crippen molar-refractivity contribution in [3.8, 4) is 5.75 Å². The van der Waals surface area contributed by atoms with E-state index in [-0.39, 0.29) is 17.4 Å². The average molecular weight is 376 g/mol. The second-order valence-electron chi connectivity index (χ2n) is 5.72. The highest BCUT2D eigenvalue weighted by molar-refractivity contribution is 5.68. The van der Waals surface area contributed by atoms with Crippen molar-refractivity contribution >= 4 is 17.3 Å². The maximum absolute atomic E-state index is 13.9. The Morgan fingerprint density at radius 2 is 2.04 bits per heavy atom. The van der Waals surface area contributed by atoms with Gasteiger partial charge in [-0.3, -0.25) is 14.9 Å². The number of fused-ring (bicyclic) bond motifs is 1. The topological polar surface area (TPSA) is 81.9 Å². The van der Waals surface area contributed by atoms with E-state index in [4.69, 9.17) is 4.74 Å². The molecular formula is C19H21FN2O5. The van der Waals surface area contributed by atoms with E-state index in [2.05, 4.69) is 4.74 Å². The van der Waals surface area contributed by atoms with Crippen LogP contribution >= 0.6 is 0 Å². The molecule has 0 spiro atoms. The van der Waals surface area contributed by atoms with Gasteiger partial charge < -0.3 is 14.4 Å². The summed E-state index contributed by atoms with van der Waals surface area (Å²) >= 11 is 0. The van der Waals surface area contributed by atoms with Gasteiger partial charge in [-0.2, -0.15) is 0 Å². The molecule has 0 amide bonds. The molecule has 1 heterocycles. The molecule has 0 N–H and O–H groups in total. The number of benzene rings is 2. The van der Waals surface area contributed by atoms with Crippen LogP contribution < -0.4 is 9.64 Å². The van der Waals surface area contributed by atoms with Crippen molar-refractivity contribution in [3.05, 3.63) is 64.0 Å². The number of hydrogen-bond donors (Lipinski definition) is 0. The van der Waals surface area contributed by atoms with Gasteiger partial charge in [0.1, 0.15) is 6.61 Å². The van der Waals surface area contributed by atoms with Crippen LogP contribution in [0.3, 0.4) is 0 Å². The molecule has 3 rings (SSSR count). The van der Waals surface area contributed by atoms with Crippen molar-refractivity contribution in [2.24, 2.45) is 0 Å². The molecule has 2 aromatic carbocycles. The molecule has 0 radical (unpaired) electrons. The Morgan fingerprint density at radius 1 is 1.33 bits per heavy atom. The lowest BCUT2D eigenvalue weighted by atomic mass is 10.1. The van der Waals surface area contributed by atoms with Gasteiger partial charge in [0.2, 0.25) is 0 Å². The van der Waals surface area contributed by atoms with Crippen LogP contribution in [0.5, 0.6) is 5.75 Å². The summed E-state index contributed by atoms with van der Waals surface area (Å²) in [5.41, 5.74) is 1.21. The Morgan fingerprint density at radius 3 is 2.59 bits per heavy atom. The third kappa shape index (κ3) is 5.40. The number of halogens is 1. The van der Waals surface area contributed by atoms with Gasteiger partial charge in [-0.15, -0.1) is 0 Å². The number of non-ortho nitro benzene ring substituents is 1. The van der Waals surface area contributed by atoms with Crippen LogP contribution in [0, 0.1) is 15.9 Å². The van der Waals surface area contributed by atoms with E-state index in [9.17, 15) is 19.3 Å². The monoisotopic (exact) mass is 376 g/mol. The third-order valence-corrected chi connectivity index (χ3v) is 3.90. The minimum absolute atomic E-state index is 0.0859. The molecular weight excluding hydrogens is 355 g/mol. The number of anilines is 1. The Bertz CT molecular complexity index is 792. The van der Waals surface area contributed by atoms with Gasteiger partial charge in [0.25, 0.3) is 5.69 Å². The zero-order valence-electron chi connectivity index (χ0n) is 15.2. The van der Waals surface area contributed by atoms with Crippen molar-refractivity contribution in [2.45, 2.75) is 19.9 Å². The fraction of sp³-hybridized carbons (Fsp3) is 0.316. The number of rotatable bonds is 4. The van der Waals surface area contributed by atoms with E-state index in [0.717, 1.165) is 11.6 Å². The summed E-state index contributed by atoms with van der Waals surface area (Å²) in [4.78, 5) is 22.1. The van der Waals surface area contributed by atoms with Gasteiger partial charge in [-0.05, 0) is 5.56 Å². The fourth-order valence-electron chi connectivity index (χ4n) is 2.54. The Balaban J connectivity index is 0.000000380. The molecule has 0 bridgehead atoms. The van der Waals surface area contributed by atoms with E-state index in [0.29, 0.717) is 31.8 Å². The molecule has 1 aliphatic heterocycles. The summed E-state index contributed by atoms with van der Waals surface area (Å²) in [6.07, 6.45) is 0.469.